The molecule has 0 unspecified atom stereocenters. The molecule has 0 radical (unpaired) electrons. The fourth-order valence-corrected chi connectivity index (χ4v) is 1.12. The summed E-state index contributed by atoms with van der Waals surface area (Å²) in [5.74, 6) is 0. The van der Waals surface area contributed by atoms with E-state index in [-0.39, 0.29) is 0 Å². The van der Waals surface area contributed by atoms with Crippen LogP contribution in [0.5, 0.6) is 0 Å². The molecule has 0 nitrogen and oxygen atoms in total. The average Bonchev–Trinajstić information content (AvgIpc) is 1.59. The molecule has 0 aliphatic heterocycles. The summed E-state index contributed by atoms with van der Waals surface area (Å²) in [5.41, 5.74) is 0.608. The zero-order valence-electron chi connectivity index (χ0n) is 7.91. The first-order valence-corrected chi connectivity index (χ1v) is 4.56. The molecule has 0 N–H and O–H groups in total. The van der Waals surface area contributed by atoms with Crippen molar-refractivity contribution in [2.45, 2.75) is 41.5 Å². The van der Waals surface area contributed by atoms with Crippen molar-refractivity contribution in [3.63, 3.8) is 0 Å². The van der Waals surface area contributed by atoms with E-state index in [1.807, 2.05) is 0 Å². The number of hydrogen-bond acceptors (Lipinski definition) is 0. The van der Waals surface area contributed by atoms with Crippen molar-refractivity contribution in [1.82, 2.24) is 0 Å². The van der Waals surface area contributed by atoms with E-state index in [9.17, 15) is 0 Å². The molecule has 0 saturated carbocycles. The summed E-state index contributed by atoms with van der Waals surface area (Å²) in [7, 11) is 0. The molecule has 60 valence electrons. The van der Waals surface area contributed by atoms with Crippen LogP contribution < -0.4 is 0 Å². The van der Waals surface area contributed by atoms with Crippen molar-refractivity contribution in [2.24, 2.45) is 10.8 Å². The molecule has 0 aliphatic carbocycles. The Bertz CT molecular complexity index is 116. The molecule has 0 spiro atoms. The fraction of sp³-hybridized carbons (Fsp3) is 0.889. The molecule has 0 rings (SSSR count). The zero-order chi connectivity index (χ0) is 8.58. The van der Waals surface area contributed by atoms with Crippen molar-refractivity contribution in [3.05, 3.63) is 0 Å². The Labute approximate surface area is 72.8 Å². The van der Waals surface area contributed by atoms with Crippen LogP contribution in [0.1, 0.15) is 41.5 Å². The first-order valence-electron chi connectivity index (χ1n) is 3.70. The van der Waals surface area contributed by atoms with E-state index in [1.165, 1.54) is 4.42 Å². The van der Waals surface area contributed by atoms with E-state index in [1.54, 1.807) is 0 Å². The molecule has 0 heterocycles. The molecular weight excluding hydrogens is 187 g/mol. The topological polar surface area (TPSA) is 0 Å². The predicted molar refractivity (Wildman–Crippen MR) is 49.7 cm³/mol. The average molecular weight is 205 g/mol. The van der Waals surface area contributed by atoms with Gasteiger partial charge in [0.15, 0.2) is 0 Å². The van der Waals surface area contributed by atoms with E-state index in [0.717, 1.165) is 0 Å². The van der Waals surface area contributed by atoms with Gasteiger partial charge in [-0.1, -0.05) is 0 Å². The Kier molecular flexibility index (Phi) is 2.90. The molecule has 0 saturated heterocycles. The van der Waals surface area contributed by atoms with E-state index in [2.05, 4.69) is 57.1 Å². The second-order valence-corrected chi connectivity index (χ2v) is 5.69. The number of hydrogen-bond donors (Lipinski definition) is 0. The van der Waals surface area contributed by atoms with Gasteiger partial charge < -0.3 is 0 Å². The molecule has 0 fully saturated rings. The summed E-state index contributed by atoms with van der Waals surface area (Å²) < 4.78 is 1.44. The maximum atomic E-state index is 3.17. The molecule has 0 aromatic carbocycles. The van der Waals surface area contributed by atoms with Gasteiger partial charge in [-0.2, -0.15) is 0 Å². The van der Waals surface area contributed by atoms with Crippen molar-refractivity contribution in [3.8, 4) is 0 Å². The Hall–Kier alpha value is 0.389. The summed E-state index contributed by atoms with van der Waals surface area (Å²) in [6.07, 6.45) is 0. The van der Waals surface area contributed by atoms with E-state index >= 15 is 0 Å². The van der Waals surface area contributed by atoms with Crippen LogP contribution in [0.2, 0.25) is 0 Å². The maximum absolute atomic E-state index is 3.17. The molecule has 0 aliphatic rings. The minimum absolute atomic E-state index is 0.304. The normalized spacial score (nSPS) is 13.4. The van der Waals surface area contributed by atoms with Crippen molar-refractivity contribution in [1.29, 1.82) is 0 Å². The molecule has 0 bridgehead atoms. The molecule has 0 amide bonds. The van der Waals surface area contributed by atoms with Crippen LogP contribution >= 0.6 is 0 Å². The standard InChI is InChI=1S/C9H18Se/c1-8(2,3)7(10)9(4,5)6/h1-6H3. The Morgan fingerprint density at radius 2 is 1.00 bits per heavy atom. The van der Waals surface area contributed by atoms with Crippen LogP contribution in [0.15, 0.2) is 0 Å². The van der Waals surface area contributed by atoms with Gasteiger partial charge in [0.2, 0.25) is 0 Å². The van der Waals surface area contributed by atoms with E-state index in [4.69, 9.17) is 0 Å². The summed E-state index contributed by atoms with van der Waals surface area (Å²) in [6, 6.07) is 0. The SMILES string of the molecule is CC(C)(C)C(=[Se])C(C)(C)C. The zero-order valence-corrected chi connectivity index (χ0v) is 9.62. The van der Waals surface area contributed by atoms with Gasteiger partial charge >= 0.3 is 72.4 Å². The van der Waals surface area contributed by atoms with Gasteiger partial charge in [-0.05, 0) is 0 Å². The quantitative estimate of drug-likeness (QED) is 0.533. The van der Waals surface area contributed by atoms with Crippen LogP contribution in [-0.2, 0) is 0 Å². The third-order valence-corrected chi connectivity index (χ3v) is 3.93. The third-order valence-electron chi connectivity index (χ3n) is 1.36. The molecule has 0 atom stereocenters. The first-order chi connectivity index (χ1) is 4.15. The van der Waals surface area contributed by atoms with Crippen LogP contribution in [0.25, 0.3) is 0 Å². The molecule has 0 aromatic rings. The van der Waals surface area contributed by atoms with E-state index in [0.29, 0.717) is 10.8 Å². The number of rotatable bonds is 0. The van der Waals surface area contributed by atoms with Gasteiger partial charge in [-0.25, -0.2) is 0 Å². The second-order valence-electron chi connectivity index (χ2n) is 4.83. The van der Waals surface area contributed by atoms with Gasteiger partial charge in [0, 0.05) is 0 Å². The third kappa shape index (κ3) is 2.98. The Balaban J connectivity index is 4.40. The molecule has 1 heteroatoms. The molecule has 0 aromatic heterocycles. The van der Waals surface area contributed by atoms with Crippen molar-refractivity contribution < 1.29 is 0 Å². The first kappa shape index (κ1) is 10.4. The molecule has 10 heavy (non-hydrogen) atoms. The summed E-state index contributed by atoms with van der Waals surface area (Å²) in [4.78, 5) is 0. The van der Waals surface area contributed by atoms with Crippen LogP contribution in [-0.4, -0.2) is 20.0 Å². The molecular formula is C9H18Se. The summed E-state index contributed by atoms with van der Waals surface area (Å²) >= 11 is 3.17. The second kappa shape index (κ2) is 2.79. The van der Waals surface area contributed by atoms with Crippen LogP contribution in [0, 0.1) is 10.8 Å². The fourth-order valence-electron chi connectivity index (χ4n) is 1.12. The minimum atomic E-state index is 0.304. The van der Waals surface area contributed by atoms with Crippen molar-refractivity contribution >= 4 is 20.0 Å². The summed E-state index contributed by atoms with van der Waals surface area (Å²) in [6.45, 7) is 13.4. The van der Waals surface area contributed by atoms with Gasteiger partial charge in [0.25, 0.3) is 0 Å². The van der Waals surface area contributed by atoms with Gasteiger partial charge in [0.1, 0.15) is 0 Å². The van der Waals surface area contributed by atoms with Gasteiger partial charge in [-0.3, -0.25) is 0 Å². The van der Waals surface area contributed by atoms with Crippen molar-refractivity contribution in [2.75, 3.05) is 0 Å². The van der Waals surface area contributed by atoms with Crippen LogP contribution in [0.3, 0.4) is 0 Å². The summed E-state index contributed by atoms with van der Waals surface area (Å²) in [5, 5.41) is 0. The van der Waals surface area contributed by atoms with Gasteiger partial charge in [-0.15, -0.1) is 0 Å². The Morgan fingerprint density at radius 1 is 0.800 bits per heavy atom. The van der Waals surface area contributed by atoms with Crippen LogP contribution in [0.4, 0.5) is 0 Å². The predicted octanol–water partition coefficient (Wildman–Crippen LogP) is 2.42. The Morgan fingerprint density at radius 3 is 1.00 bits per heavy atom. The van der Waals surface area contributed by atoms with Gasteiger partial charge in [0.05, 0.1) is 0 Å². The monoisotopic (exact) mass is 206 g/mol. The van der Waals surface area contributed by atoms with E-state index < -0.39 is 0 Å².